The molecule has 0 N–H and O–H groups in total. The molecule has 0 atom stereocenters. The van der Waals surface area contributed by atoms with Crippen molar-refractivity contribution >= 4 is 11.5 Å². The molecule has 0 saturated heterocycles. The molecule has 3 heteroatoms. The summed E-state index contributed by atoms with van der Waals surface area (Å²) in [4.78, 5) is 12.6. The first-order valence-corrected chi connectivity index (χ1v) is 8.26. The molecule has 26 heavy (non-hydrogen) atoms. The number of benzene rings is 3. The Morgan fingerprint density at radius 2 is 1.23 bits per heavy atom. The summed E-state index contributed by atoms with van der Waals surface area (Å²) in [5.74, 6) is -0.626. The highest BCUT2D eigenvalue weighted by Crippen LogP contribution is 2.27. The number of esters is 1. The fourth-order valence-corrected chi connectivity index (χ4v) is 2.66. The van der Waals surface area contributed by atoms with Gasteiger partial charge in [0.05, 0.1) is 0 Å². The number of nitrogens with zero attached hydrogens (tertiary/aromatic N) is 1. The number of ether oxygens (including phenoxy) is 1. The first-order valence-electron chi connectivity index (χ1n) is 8.26. The van der Waals surface area contributed by atoms with E-state index in [-0.39, 0.29) is 12.2 Å². The van der Waals surface area contributed by atoms with Crippen LogP contribution in [0.5, 0.6) is 0 Å². The van der Waals surface area contributed by atoms with Crippen LogP contribution in [0.2, 0.25) is 0 Å². The van der Waals surface area contributed by atoms with Crippen LogP contribution in [0, 0.1) is 11.3 Å². The highest BCUT2D eigenvalue weighted by molar-refractivity contribution is 6.05. The van der Waals surface area contributed by atoms with Crippen LogP contribution in [-0.2, 0) is 16.1 Å². The average Bonchev–Trinajstić information content (AvgIpc) is 2.72. The van der Waals surface area contributed by atoms with Gasteiger partial charge in [0.15, 0.2) is 0 Å². The number of carbonyl (C=O) groups excluding carboxylic acids is 1. The van der Waals surface area contributed by atoms with E-state index in [1.54, 1.807) is 0 Å². The molecule has 0 aliphatic carbocycles. The molecule has 0 amide bonds. The maximum absolute atomic E-state index is 12.6. The van der Waals surface area contributed by atoms with E-state index in [0.717, 1.165) is 16.7 Å². The van der Waals surface area contributed by atoms with Crippen LogP contribution >= 0.6 is 0 Å². The van der Waals surface area contributed by atoms with Crippen molar-refractivity contribution in [3.63, 3.8) is 0 Å². The number of hydrogen-bond acceptors (Lipinski definition) is 3. The van der Waals surface area contributed by atoms with Crippen LogP contribution < -0.4 is 0 Å². The molecule has 0 aliphatic rings. The first-order chi connectivity index (χ1) is 12.8. The van der Waals surface area contributed by atoms with E-state index in [1.165, 1.54) is 0 Å². The minimum atomic E-state index is -0.626. The second-order valence-corrected chi connectivity index (χ2v) is 5.66. The number of rotatable bonds is 5. The Balaban J connectivity index is 1.99. The maximum atomic E-state index is 12.6. The van der Waals surface area contributed by atoms with Crippen molar-refractivity contribution in [2.75, 3.05) is 0 Å². The monoisotopic (exact) mass is 339 g/mol. The van der Waals surface area contributed by atoms with Gasteiger partial charge in [0.25, 0.3) is 0 Å². The molecule has 3 rings (SSSR count). The minimum Gasteiger partial charge on any atom is -0.457 e. The summed E-state index contributed by atoms with van der Waals surface area (Å²) in [6, 6.07) is 30.3. The van der Waals surface area contributed by atoms with Gasteiger partial charge < -0.3 is 4.74 Å². The Morgan fingerprint density at radius 1 is 0.769 bits per heavy atom. The predicted octanol–water partition coefficient (Wildman–Crippen LogP) is 4.76. The van der Waals surface area contributed by atoms with Gasteiger partial charge in [-0.15, -0.1) is 0 Å². The summed E-state index contributed by atoms with van der Waals surface area (Å²) in [6.45, 7) is 0.127. The van der Waals surface area contributed by atoms with Crippen molar-refractivity contribution in [1.82, 2.24) is 0 Å². The molecule has 126 valence electrons. The van der Waals surface area contributed by atoms with Gasteiger partial charge in [0.2, 0.25) is 0 Å². The zero-order valence-corrected chi connectivity index (χ0v) is 14.1. The molecule has 0 spiro atoms. The van der Waals surface area contributed by atoms with Crippen LogP contribution in [0.3, 0.4) is 0 Å². The molecule has 0 saturated carbocycles. The zero-order valence-electron chi connectivity index (χ0n) is 14.1. The van der Waals surface area contributed by atoms with Crippen LogP contribution in [0.4, 0.5) is 0 Å². The summed E-state index contributed by atoms with van der Waals surface area (Å²) in [5, 5.41) is 9.68. The third-order valence-electron chi connectivity index (χ3n) is 3.90. The van der Waals surface area contributed by atoms with E-state index in [4.69, 9.17) is 4.74 Å². The second kappa shape index (κ2) is 8.46. The second-order valence-electron chi connectivity index (χ2n) is 5.66. The molecule has 0 fully saturated rings. The van der Waals surface area contributed by atoms with Gasteiger partial charge in [0, 0.05) is 5.57 Å². The Kier molecular flexibility index (Phi) is 5.59. The molecule has 0 aromatic heterocycles. The molecule has 3 aromatic carbocycles. The van der Waals surface area contributed by atoms with Crippen molar-refractivity contribution in [1.29, 1.82) is 5.26 Å². The highest BCUT2D eigenvalue weighted by Gasteiger charge is 2.19. The lowest BCUT2D eigenvalue weighted by molar-refractivity contribution is -0.139. The lowest BCUT2D eigenvalue weighted by Gasteiger charge is -2.12. The largest absolute Gasteiger partial charge is 0.457 e. The SMILES string of the molecule is N#CC(C(=O)OCc1ccccc1)=C(c1ccccc1)c1ccccc1. The number of hydrogen-bond donors (Lipinski definition) is 0. The van der Waals surface area contributed by atoms with Gasteiger partial charge in [-0.25, -0.2) is 4.79 Å². The van der Waals surface area contributed by atoms with Gasteiger partial charge in [0.1, 0.15) is 18.2 Å². The number of carbonyl (C=O) groups is 1. The molecule has 0 heterocycles. The van der Waals surface area contributed by atoms with E-state index < -0.39 is 5.97 Å². The van der Waals surface area contributed by atoms with Crippen LogP contribution in [0.25, 0.3) is 5.57 Å². The van der Waals surface area contributed by atoms with Gasteiger partial charge in [-0.1, -0.05) is 91.0 Å². The third-order valence-corrected chi connectivity index (χ3v) is 3.90. The van der Waals surface area contributed by atoms with E-state index >= 15 is 0 Å². The summed E-state index contributed by atoms with van der Waals surface area (Å²) >= 11 is 0. The quantitative estimate of drug-likeness (QED) is 0.383. The van der Waals surface area contributed by atoms with Gasteiger partial charge in [-0.05, 0) is 16.7 Å². The smallest absolute Gasteiger partial charge is 0.349 e. The van der Waals surface area contributed by atoms with Gasteiger partial charge in [-0.2, -0.15) is 5.26 Å². The van der Waals surface area contributed by atoms with E-state index in [0.29, 0.717) is 5.57 Å². The van der Waals surface area contributed by atoms with E-state index in [1.807, 2.05) is 97.1 Å². The molecule has 0 unspecified atom stereocenters. The Bertz CT molecular complexity index is 898. The fraction of sp³-hybridized carbons (Fsp3) is 0.0435. The lowest BCUT2D eigenvalue weighted by atomic mass is 9.93. The summed E-state index contributed by atoms with van der Waals surface area (Å²) in [7, 11) is 0. The lowest BCUT2D eigenvalue weighted by Crippen LogP contribution is -2.10. The van der Waals surface area contributed by atoms with Crippen LogP contribution in [-0.4, -0.2) is 5.97 Å². The van der Waals surface area contributed by atoms with Crippen molar-refractivity contribution in [2.24, 2.45) is 0 Å². The highest BCUT2D eigenvalue weighted by atomic mass is 16.5. The minimum absolute atomic E-state index is 0.00155. The van der Waals surface area contributed by atoms with Crippen molar-refractivity contribution in [3.8, 4) is 6.07 Å². The molecular weight excluding hydrogens is 322 g/mol. The van der Waals surface area contributed by atoms with Crippen molar-refractivity contribution < 1.29 is 9.53 Å². The fourth-order valence-electron chi connectivity index (χ4n) is 2.66. The average molecular weight is 339 g/mol. The van der Waals surface area contributed by atoms with Crippen LogP contribution in [0.15, 0.2) is 96.6 Å². The van der Waals surface area contributed by atoms with Gasteiger partial charge >= 0.3 is 5.97 Å². The summed E-state index contributed by atoms with van der Waals surface area (Å²) < 4.78 is 5.39. The standard InChI is InChI=1S/C23H17NO2/c24-16-21(23(25)26-17-18-10-4-1-5-11-18)22(19-12-6-2-7-13-19)20-14-8-3-9-15-20/h1-15H,17H2. The Morgan fingerprint density at radius 3 is 1.69 bits per heavy atom. The molecule has 0 aliphatic heterocycles. The maximum Gasteiger partial charge on any atom is 0.349 e. The summed E-state index contributed by atoms with van der Waals surface area (Å²) in [5.41, 5.74) is 3.04. The summed E-state index contributed by atoms with van der Waals surface area (Å²) in [6.07, 6.45) is 0. The molecule has 0 bridgehead atoms. The zero-order chi connectivity index (χ0) is 18.2. The third kappa shape index (κ3) is 4.06. The Labute approximate surface area is 152 Å². The molecule has 3 nitrogen and oxygen atoms in total. The van der Waals surface area contributed by atoms with E-state index in [9.17, 15) is 10.1 Å². The molecule has 3 aromatic rings. The normalized spacial score (nSPS) is 9.81. The number of nitriles is 1. The molecule has 0 radical (unpaired) electrons. The van der Waals surface area contributed by atoms with Gasteiger partial charge in [-0.3, -0.25) is 0 Å². The van der Waals surface area contributed by atoms with Crippen LogP contribution in [0.1, 0.15) is 16.7 Å². The topological polar surface area (TPSA) is 50.1 Å². The van der Waals surface area contributed by atoms with E-state index in [2.05, 4.69) is 0 Å². The molecular formula is C23H17NO2. The first kappa shape index (κ1) is 17.2. The van der Waals surface area contributed by atoms with Crippen molar-refractivity contribution in [2.45, 2.75) is 6.61 Å². The van der Waals surface area contributed by atoms with Crippen molar-refractivity contribution in [3.05, 3.63) is 113 Å². The Hall–Kier alpha value is -3.64. The predicted molar refractivity (Wildman–Crippen MR) is 101 cm³/mol.